The van der Waals surface area contributed by atoms with Crippen molar-refractivity contribution in [3.8, 4) is 5.75 Å². The molecular weight excluding hydrogens is 282 g/mol. The van der Waals surface area contributed by atoms with E-state index in [1.807, 2.05) is 30.3 Å². The molecule has 0 amide bonds. The number of rotatable bonds is 8. The Morgan fingerprint density at radius 2 is 1.95 bits per heavy atom. The van der Waals surface area contributed by atoms with Crippen LogP contribution in [0.1, 0.15) is 33.0 Å². The van der Waals surface area contributed by atoms with Crippen LogP contribution in [-0.4, -0.2) is 20.5 Å². The average molecular weight is 305 g/mol. The third-order valence-electron chi connectivity index (χ3n) is 3.11. The Bertz CT molecular complexity index is 540. The summed E-state index contributed by atoms with van der Waals surface area (Å²) < 4.78 is 7.99. The Kier molecular flexibility index (Phi) is 6.11. The number of hydrogen-bond acceptors (Lipinski definition) is 4. The molecule has 0 saturated heterocycles. The Balaban J connectivity index is 2.06. The van der Waals surface area contributed by atoms with Gasteiger partial charge in [0.1, 0.15) is 12.4 Å². The summed E-state index contributed by atoms with van der Waals surface area (Å²) in [5, 5.41) is 9.58. The van der Waals surface area contributed by atoms with Crippen molar-refractivity contribution >= 4 is 11.8 Å². The minimum absolute atomic E-state index is 0.458. The van der Waals surface area contributed by atoms with Crippen LogP contribution in [0, 0.1) is 5.92 Å². The van der Waals surface area contributed by atoms with Crippen molar-refractivity contribution in [2.45, 2.75) is 45.5 Å². The van der Waals surface area contributed by atoms with Gasteiger partial charge < -0.3 is 9.30 Å². The van der Waals surface area contributed by atoms with Gasteiger partial charge in [0.05, 0.1) is 0 Å². The summed E-state index contributed by atoms with van der Waals surface area (Å²) in [4.78, 5) is 0. The van der Waals surface area contributed by atoms with Crippen molar-refractivity contribution in [2.75, 3.05) is 5.75 Å². The predicted octanol–water partition coefficient (Wildman–Crippen LogP) is 4.02. The van der Waals surface area contributed by atoms with Crippen molar-refractivity contribution in [3.63, 3.8) is 0 Å². The van der Waals surface area contributed by atoms with E-state index in [2.05, 4.69) is 35.5 Å². The number of aromatic nitrogens is 3. The molecule has 4 nitrogen and oxygen atoms in total. The summed E-state index contributed by atoms with van der Waals surface area (Å²) in [5.41, 5.74) is 0. The molecule has 0 spiro atoms. The van der Waals surface area contributed by atoms with Crippen LogP contribution in [0.4, 0.5) is 0 Å². The lowest BCUT2D eigenvalue weighted by Crippen LogP contribution is -2.10. The third-order valence-corrected chi connectivity index (χ3v) is 3.96. The summed E-state index contributed by atoms with van der Waals surface area (Å²) >= 11 is 1.73. The van der Waals surface area contributed by atoms with Crippen LogP contribution in [0.25, 0.3) is 0 Å². The number of benzene rings is 1. The standard InChI is InChI=1S/C16H23N3OS/c1-4-21-16-18-17-15(19(16)11-10-13(2)3)12-20-14-8-6-5-7-9-14/h5-9,13H,4,10-12H2,1-3H3. The van der Waals surface area contributed by atoms with Crippen molar-refractivity contribution in [1.29, 1.82) is 0 Å². The number of hydrogen-bond donors (Lipinski definition) is 0. The first-order chi connectivity index (χ1) is 10.2. The zero-order valence-corrected chi connectivity index (χ0v) is 13.8. The molecule has 1 aromatic carbocycles. The monoisotopic (exact) mass is 305 g/mol. The Labute approximate surface area is 130 Å². The van der Waals surface area contributed by atoms with E-state index < -0.39 is 0 Å². The van der Waals surface area contributed by atoms with E-state index in [0.717, 1.165) is 35.4 Å². The lowest BCUT2D eigenvalue weighted by atomic mass is 10.1. The Morgan fingerprint density at radius 3 is 2.62 bits per heavy atom. The van der Waals surface area contributed by atoms with Crippen molar-refractivity contribution in [2.24, 2.45) is 5.92 Å². The first kappa shape index (κ1) is 15.9. The molecule has 0 aliphatic carbocycles. The van der Waals surface area contributed by atoms with Gasteiger partial charge in [0.25, 0.3) is 0 Å². The summed E-state index contributed by atoms with van der Waals surface area (Å²) in [6, 6.07) is 9.83. The molecule has 0 aliphatic heterocycles. The van der Waals surface area contributed by atoms with Gasteiger partial charge in [-0.1, -0.05) is 50.7 Å². The van der Waals surface area contributed by atoms with E-state index in [-0.39, 0.29) is 0 Å². The number of thioether (sulfide) groups is 1. The second-order valence-electron chi connectivity index (χ2n) is 5.27. The lowest BCUT2D eigenvalue weighted by molar-refractivity contribution is 0.285. The average Bonchev–Trinajstić information content (AvgIpc) is 2.86. The molecule has 0 unspecified atom stereocenters. The van der Waals surface area contributed by atoms with Gasteiger partial charge in [0, 0.05) is 6.54 Å². The molecule has 0 N–H and O–H groups in total. The summed E-state index contributed by atoms with van der Waals surface area (Å²) in [6.45, 7) is 8.00. The number of para-hydroxylation sites is 1. The van der Waals surface area contributed by atoms with Gasteiger partial charge >= 0.3 is 0 Å². The minimum atomic E-state index is 0.458. The van der Waals surface area contributed by atoms with Crippen molar-refractivity contribution < 1.29 is 4.74 Å². The highest BCUT2D eigenvalue weighted by molar-refractivity contribution is 7.99. The maximum Gasteiger partial charge on any atom is 0.191 e. The van der Waals surface area contributed by atoms with Gasteiger partial charge in [-0.3, -0.25) is 0 Å². The number of ether oxygens (including phenoxy) is 1. The third kappa shape index (κ3) is 4.77. The van der Waals surface area contributed by atoms with E-state index in [1.165, 1.54) is 0 Å². The van der Waals surface area contributed by atoms with E-state index >= 15 is 0 Å². The van der Waals surface area contributed by atoms with E-state index in [9.17, 15) is 0 Å². The molecule has 21 heavy (non-hydrogen) atoms. The first-order valence-electron chi connectivity index (χ1n) is 7.43. The van der Waals surface area contributed by atoms with Crippen molar-refractivity contribution in [1.82, 2.24) is 14.8 Å². The van der Waals surface area contributed by atoms with Crippen LogP contribution in [-0.2, 0) is 13.2 Å². The van der Waals surface area contributed by atoms with Gasteiger partial charge in [-0.15, -0.1) is 10.2 Å². The van der Waals surface area contributed by atoms with Gasteiger partial charge in [0.2, 0.25) is 0 Å². The Morgan fingerprint density at radius 1 is 1.19 bits per heavy atom. The largest absolute Gasteiger partial charge is 0.486 e. The molecule has 0 atom stereocenters. The fourth-order valence-electron chi connectivity index (χ4n) is 1.94. The quantitative estimate of drug-likeness (QED) is 0.691. The number of nitrogens with zero attached hydrogens (tertiary/aromatic N) is 3. The molecule has 114 valence electrons. The fourth-order valence-corrected chi connectivity index (χ4v) is 2.65. The normalized spacial score (nSPS) is 11.0. The van der Waals surface area contributed by atoms with Gasteiger partial charge in [-0.25, -0.2) is 0 Å². The summed E-state index contributed by atoms with van der Waals surface area (Å²) in [5.74, 6) is 3.42. The molecule has 2 aromatic rings. The molecule has 2 rings (SSSR count). The second kappa shape index (κ2) is 8.08. The van der Waals surface area contributed by atoms with Crippen LogP contribution in [0.3, 0.4) is 0 Å². The van der Waals surface area contributed by atoms with Gasteiger partial charge in [0.15, 0.2) is 11.0 Å². The van der Waals surface area contributed by atoms with Gasteiger partial charge in [-0.2, -0.15) is 0 Å². The fraction of sp³-hybridized carbons (Fsp3) is 0.500. The van der Waals surface area contributed by atoms with Crippen LogP contribution >= 0.6 is 11.8 Å². The van der Waals surface area contributed by atoms with E-state index in [1.54, 1.807) is 11.8 Å². The minimum Gasteiger partial charge on any atom is -0.486 e. The van der Waals surface area contributed by atoms with Crippen LogP contribution < -0.4 is 4.74 Å². The zero-order valence-electron chi connectivity index (χ0n) is 13.0. The molecule has 0 aliphatic rings. The van der Waals surface area contributed by atoms with Crippen LogP contribution in [0.5, 0.6) is 5.75 Å². The zero-order chi connectivity index (χ0) is 15.1. The highest BCUT2D eigenvalue weighted by atomic mass is 32.2. The smallest absolute Gasteiger partial charge is 0.191 e. The van der Waals surface area contributed by atoms with Crippen molar-refractivity contribution in [3.05, 3.63) is 36.2 Å². The van der Waals surface area contributed by atoms with Gasteiger partial charge in [-0.05, 0) is 30.2 Å². The van der Waals surface area contributed by atoms with E-state index in [0.29, 0.717) is 12.5 Å². The Hall–Kier alpha value is -1.49. The molecule has 1 aromatic heterocycles. The molecule has 0 saturated carbocycles. The summed E-state index contributed by atoms with van der Waals surface area (Å²) in [7, 11) is 0. The second-order valence-corrected chi connectivity index (χ2v) is 6.50. The van der Waals surface area contributed by atoms with E-state index in [4.69, 9.17) is 4.74 Å². The molecule has 1 heterocycles. The predicted molar refractivity (Wildman–Crippen MR) is 86.6 cm³/mol. The molecule has 0 bridgehead atoms. The van der Waals surface area contributed by atoms with Crippen LogP contribution in [0.2, 0.25) is 0 Å². The molecule has 0 radical (unpaired) electrons. The molecule has 5 heteroatoms. The molecule has 0 fully saturated rings. The highest BCUT2D eigenvalue weighted by Gasteiger charge is 2.13. The maximum absolute atomic E-state index is 5.80. The lowest BCUT2D eigenvalue weighted by Gasteiger charge is -2.12. The topological polar surface area (TPSA) is 39.9 Å². The maximum atomic E-state index is 5.80. The molecular formula is C16H23N3OS. The highest BCUT2D eigenvalue weighted by Crippen LogP contribution is 2.19. The SMILES string of the molecule is CCSc1nnc(COc2ccccc2)n1CCC(C)C. The summed E-state index contributed by atoms with van der Waals surface area (Å²) in [6.07, 6.45) is 1.12. The van der Waals surface area contributed by atoms with Crippen LogP contribution in [0.15, 0.2) is 35.5 Å². The first-order valence-corrected chi connectivity index (χ1v) is 8.42.